The van der Waals surface area contributed by atoms with Crippen molar-refractivity contribution in [2.45, 2.75) is 18.4 Å². The molecule has 0 bridgehead atoms. The standard InChI is InChI=1S/C13H24N4OS/c1-3-14-12(15-4-1)16-10-13(2-9-19-11-13)17-5-7-18-8-6-17/h1-11H2,(H2,14,15,16). The van der Waals surface area contributed by atoms with Crippen LogP contribution in [0.5, 0.6) is 0 Å². The third-order valence-electron chi connectivity index (χ3n) is 4.25. The van der Waals surface area contributed by atoms with Crippen LogP contribution in [0.15, 0.2) is 4.99 Å². The number of morpholine rings is 1. The smallest absolute Gasteiger partial charge is 0.191 e. The van der Waals surface area contributed by atoms with Gasteiger partial charge in [-0.15, -0.1) is 0 Å². The van der Waals surface area contributed by atoms with Gasteiger partial charge in [-0.2, -0.15) is 11.8 Å². The Hall–Kier alpha value is -0.460. The van der Waals surface area contributed by atoms with E-state index in [4.69, 9.17) is 4.74 Å². The molecular weight excluding hydrogens is 260 g/mol. The van der Waals surface area contributed by atoms with E-state index in [1.807, 2.05) is 0 Å². The van der Waals surface area contributed by atoms with Gasteiger partial charge in [-0.05, 0) is 18.6 Å². The van der Waals surface area contributed by atoms with Crippen molar-refractivity contribution >= 4 is 17.7 Å². The zero-order valence-electron chi connectivity index (χ0n) is 11.5. The molecule has 1 atom stereocenters. The van der Waals surface area contributed by atoms with Crippen molar-refractivity contribution in [3.05, 3.63) is 0 Å². The van der Waals surface area contributed by atoms with E-state index in [0.717, 1.165) is 58.3 Å². The topological polar surface area (TPSA) is 48.9 Å². The summed E-state index contributed by atoms with van der Waals surface area (Å²) in [4.78, 5) is 7.14. The van der Waals surface area contributed by atoms with Gasteiger partial charge >= 0.3 is 0 Å². The van der Waals surface area contributed by atoms with Crippen LogP contribution >= 0.6 is 11.8 Å². The molecule has 3 aliphatic rings. The largest absolute Gasteiger partial charge is 0.379 e. The molecule has 0 aromatic heterocycles. The van der Waals surface area contributed by atoms with Crippen LogP contribution in [0.1, 0.15) is 12.8 Å². The Morgan fingerprint density at radius 1 is 1.42 bits per heavy atom. The Morgan fingerprint density at radius 3 is 3.00 bits per heavy atom. The van der Waals surface area contributed by atoms with Gasteiger partial charge in [0.2, 0.25) is 0 Å². The van der Waals surface area contributed by atoms with Crippen LogP contribution in [0.3, 0.4) is 0 Å². The van der Waals surface area contributed by atoms with Crippen LogP contribution in [0, 0.1) is 0 Å². The number of nitrogens with one attached hydrogen (secondary N) is 2. The van der Waals surface area contributed by atoms with Gasteiger partial charge in [0.05, 0.1) is 13.2 Å². The number of ether oxygens (including phenoxy) is 1. The minimum absolute atomic E-state index is 0.302. The second-order valence-corrected chi connectivity index (χ2v) is 6.60. The Kier molecular flexibility index (Phi) is 4.50. The number of thioether (sulfide) groups is 1. The molecule has 2 fully saturated rings. The zero-order valence-corrected chi connectivity index (χ0v) is 12.3. The summed E-state index contributed by atoms with van der Waals surface area (Å²) < 4.78 is 5.49. The highest BCUT2D eigenvalue weighted by molar-refractivity contribution is 7.99. The molecule has 0 radical (unpaired) electrons. The molecular formula is C13H24N4OS. The van der Waals surface area contributed by atoms with Gasteiger partial charge in [0, 0.05) is 44.0 Å². The van der Waals surface area contributed by atoms with Crippen molar-refractivity contribution in [2.75, 3.05) is 57.4 Å². The quantitative estimate of drug-likeness (QED) is 0.772. The SMILES string of the molecule is C1CN=C(NCC2(N3CCOCC3)CCSC2)NC1. The fraction of sp³-hybridized carbons (Fsp3) is 0.923. The first-order valence-electron chi connectivity index (χ1n) is 7.32. The number of hydrogen-bond donors (Lipinski definition) is 2. The van der Waals surface area contributed by atoms with Gasteiger partial charge in [0.15, 0.2) is 5.96 Å². The highest BCUT2D eigenvalue weighted by Gasteiger charge is 2.40. The number of rotatable bonds is 3. The molecule has 0 aromatic rings. The van der Waals surface area contributed by atoms with Crippen LogP contribution in [0.2, 0.25) is 0 Å². The molecule has 3 heterocycles. The Labute approximate surface area is 119 Å². The van der Waals surface area contributed by atoms with Gasteiger partial charge in [-0.1, -0.05) is 0 Å². The first-order chi connectivity index (χ1) is 9.39. The molecule has 0 amide bonds. The van der Waals surface area contributed by atoms with Crippen LogP contribution in [0.4, 0.5) is 0 Å². The van der Waals surface area contributed by atoms with Crippen molar-refractivity contribution in [3.63, 3.8) is 0 Å². The molecule has 1 unspecified atom stereocenters. The normalized spacial score (nSPS) is 32.7. The molecule has 6 heteroatoms. The molecule has 3 rings (SSSR count). The van der Waals surface area contributed by atoms with Crippen LogP contribution < -0.4 is 10.6 Å². The van der Waals surface area contributed by atoms with Gasteiger partial charge in [-0.25, -0.2) is 0 Å². The molecule has 3 aliphatic heterocycles. The second kappa shape index (κ2) is 6.33. The molecule has 0 aromatic carbocycles. The van der Waals surface area contributed by atoms with E-state index in [1.54, 1.807) is 0 Å². The van der Waals surface area contributed by atoms with Crippen molar-refractivity contribution in [1.82, 2.24) is 15.5 Å². The number of guanidine groups is 1. The van der Waals surface area contributed by atoms with Crippen molar-refractivity contribution in [3.8, 4) is 0 Å². The van der Waals surface area contributed by atoms with Gasteiger partial charge in [0.25, 0.3) is 0 Å². The first-order valence-corrected chi connectivity index (χ1v) is 8.47. The number of hydrogen-bond acceptors (Lipinski definition) is 6. The predicted octanol–water partition coefficient (Wildman–Crippen LogP) is 0.133. The Morgan fingerprint density at radius 2 is 2.32 bits per heavy atom. The van der Waals surface area contributed by atoms with Crippen LogP contribution in [-0.2, 0) is 4.74 Å². The molecule has 0 saturated carbocycles. The minimum atomic E-state index is 0.302. The lowest BCUT2D eigenvalue weighted by atomic mass is 9.95. The third kappa shape index (κ3) is 3.17. The Balaban J connectivity index is 1.61. The summed E-state index contributed by atoms with van der Waals surface area (Å²) in [7, 11) is 0. The van der Waals surface area contributed by atoms with E-state index >= 15 is 0 Å². The summed E-state index contributed by atoms with van der Waals surface area (Å²) >= 11 is 2.08. The van der Waals surface area contributed by atoms with Crippen LogP contribution in [-0.4, -0.2) is 73.8 Å². The molecule has 108 valence electrons. The lowest BCUT2D eigenvalue weighted by molar-refractivity contribution is -0.0120. The maximum absolute atomic E-state index is 5.49. The molecule has 0 aliphatic carbocycles. The molecule has 5 nitrogen and oxygen atoms in total. The summed E-state index contributed by atoms with van der Waals surface area (Å²) in [6.45, 7) is 6.91. The lowest BCUT2D eigenvalue weighted by Gasteiger charge is -2.43. The van der Waals surface area contributed by atoms with Gasteiger partial charge in [0.1, 0.15) is 0 Å². The van der Waals surface area contributed by atoms with E-state index < -0.39 is 0 Å². The molecule has 19 heavy (non-hydrogen) atoms. The summed E-state index contributed by atoms with van der Waals surface area (Å²) in [5, 5.41) is 6.90. The predicted molar refractivity (Wildman–Crippen MR) is 80.0 cm³/mol. The fourth-order valence-corrected chi connectivity index (χ4v) is 4.51. The molecule has 2 saturated heterocycles. The van der Waals surface area contributed by atoms with E-state index in [9.17, 15) is 0 Å². The lowest BCUT2D eigenvalue weighted by Crippen LogP contribution is -2.60. The fourth-order valence-electron chi connectivity index (χ4n) is 3.03. The first kappa shape index (κ1) is 13.5. The number of aliphatic imine (C=N–C) groups is 1. The minimum Gasteiger partial charge on any atom is -0.379 e. The van der Waals surface area contributed by atoms with E-state index in [0.29, 0.717) is 5.54 Å². The highest BCUT2D eigenvalue weighted by Crippen LogP contribution is 2.33. The monoisotopic (exact) mass is 284 g/mol. The zero-order chi connectivity index (χ0) is 13.0. The summed E-state index contributed by atoms with van der Waals surface area (Å²) in [5.74, 6) is 3.50. The van der Waals surface area contributed by atoms with E-state index in [1.165, 1.54) is 17.9 Å². The maximum Gasteiger partial charge on any atom is 0.191 e. The Bertz CT molecular complexity index is 325. The van der Waals surface area contributed by atoms with Crippen molar-refractivity contribution < 1.29 is 4.74 Å². The van der Waals surface area contributed by atoms with E-state index in [2.05, 4.69) is 32.3 Å². The van der Waals surface area contributed by atoms with E-state index in [-0.39, 0.29) is 0 Å². The van der Waals surface area contributed by atoms with Crippen molar-refractivity contribution in [1.29, 1.82) is 0 Å². The molecule has 2 N–H and O–H groups in total. The van der Waals surface area contributed by atoms with Crippen LogP contribution in [0.25, 0.3) is 0 Å². The molecule has 0 spiro atoms. The average molecular weight is 284 g/mol. The summed E-state index contributed by atoms with van der Waals surface area (Å²) in [5.41, 5.74) is 0.302. The highest BCUT2D eigenvalue weighted by atomic mass is 32.2. The summed E-state index contributed by atoms with van der Waals surface area (Å²) in [6, 6.07) is 0. The summed E-state index contributed by atoms with van der Waals surface area (Å²) in [6.07, 6.45) is 2.42. The van der Waals surface area contributed by atoms with Gasteiger partial charge in [-0.3, -0.25) is 9.89 Å². The van der Waals surface area contributed by atoms with Gasteiger partial charge < -0.3 is 15.4 Å². The maximum atomic E-state index is 5.49. The third-order valence-corrected chi connectivity index (χ3v) is 5.48. The second-order valence-electron chi connectivity index (χ2n) is 5.49. The average Bonchev–Trinajstić information content (AvgIpc) is 2.97. The number of nitrogens with zero attached hydrogens (tertiary/aromatic N) is 2. The van der Waals surface area contributed by atoms with Crippen molar-refractivity contribution in [2.24, 2.45) is 4.99 Å².